The fraction of sp³-hybridized carbons (Fsp3) is 0.217. The maximum atomic E-state index is 12.5. The van der Waals surface area contributed by atoms with E-state index in [1.54, 1.807) is 42.3 Å². The van der Waals surface area contributed by atoms with E-state index in [9.17, 15) is 4.79 Å². The van der Waals surface area contributed by atoms with Crippen molar-refractivity contribution in [2.75, 3.05) is 7.11 Å². The molecule has 3 aromatic rings. The molecular weight excluding hydrogens is 388 g/mol. The minimum Gasteiger partial charge on any atom is -0.496 e. The lowest BCUT2D eigenvalue weighted by molar-refractivity contribution is 0.104. The van der Waals surface area contributed by atoms with Gasteiger partial charge in [0.15, 0.2) is 5.78 Å². The zero-order valence-electron chi connectivity index (χ0n) is 16.7. The van der Waals surface area contributed by atoms with Crippen molar-refractivity contribution in [1.29, 1.82) is 0 Å². The summed E-state index contributed by atoms with van der Waals surface area (Å²) in [6.07, 6.45) is 5.13. The molecule has 0 atom stereocenters. The second-order valence-electron chi connectivity index (χ2n) is 6.50. The predicted octanol–water partition coefficient (Wildman–Crippen LogP) is 5.35. The van der Waals surface area contributed by atoms with E-state index in [-0.39, 0.29) is 5.78 Å². The van der Waals surface area contributed by atoms with Crippen LogP contribution in [0.15, 0.2) is 54.7 Å². The van der Waals surface area contributed by atoms with Crippen LogP contribution in [0.3, 0.4) is 0 Å². The van der Waals surface area contributed by atoms with Gasteiger partial charge in [-0.15, -0.1) is 0 Å². The van der Waals surface area contributed by atoms with Crippen LogP contribution < -0.4 is 9.47 Å². The lowest BCUT2D eigenvalue weighted by Crippen LogP contribution is -1.99. The monoisotopic (exact) mass is 410 g/mol. The Labute approximate surface area is 175 Å². The van der Waals surface area contributed by atoms with Gasteiger partial charge in [0.1, 0.15) is 18.1 Å². The third-order valence-corrected chi connectivity index (χ3v) is 4.73. The fourth-order valence-electron chi connectivity index (χ4n) is 2.89. The summed E-state index contributed by atoms with van der Waals surface area (Å²) in [5.41, 5.74) is 3.11. The van der Waals surface area contributed by atoms with Crippen LogP contribution in [0.4, 0.5) is 0 Å². The Hall–Kier alpha value is -3.05. The van der Waals surface area contributed by atoms with Gasteiger partial charge >= 0.3 is 0 Å². The quantitative estimate of drug-likeness (QED) is 0.371. The lowest BCUT2D eigenvalue weighted by Gasteiger charge is -2.11. The van der Waals surface area contributed by atoms with Gasteiger partial charge in [-0.05, 0) is 61.9 Å². The van der Waals surface area contributed by atoms with Crippen molar-refractivity contribution < 1.29 is 14.3 Å². The van der Waals surface area contributed by atoms with Crippen LogP contribution in [0, 0.1) is 6.92 Å². The Bertz CT molecular complexity index is 1020. The molecule has 0 saturated heterocycles. The molecule has 0 aliphatic carbocycles. The van der Waals surface area contributed by atoms with E-state index in [4.69, 9.17) is 21.1 Å². The number of rotatable bonds is 8. The summed E-state index contributed by atoms with van der Waals surface area (Å²) >= 11 is 5.91. The summed E-state index contributed by atoms with van der Waals surface area (Å²) in [4.78, 5) is 12.5. The van der Waals surface area contributed by atoms with E-state index < -0.39 is 0 Å². The molecule has 0 amide bonds. The highest BCUT2D eigenvalue weighted by molar-refractivity contribution is 6.30. The van der Waals surface area contributed by atoms with Crippen LogP contribution in [0.5, 0.6) is 11.5 Å². The Morgan fingerprint density at radius 3 is 2.62 bits per heavy atom. The number of aromatic nitrogens is 2. The summed E-state index contributed by atoms with van der Waals surface area (Å²) in [5.74, 6) is 1.37. The summed E-state index contributed by atoms with van der Waals surface area (Å²) < 4.78 is 13.0. The minimum atomic E-state index is -0.0722. The first-order valence-corrected chi connectivity index (χ1v) is 9.69. The minimum absolute atomic E-state index is 0.0722. The van der Waals surface area contributed by atoms with Crippen LogP contribution in [0.1, 0.15) is 34.1 Å². The molecule has 0 fully saturated rings. The highest BCUT2D eigenvalue weighted by Crippen LogP contribution is 2.24. The average Bonchev–Trinajstić information content (AvgIpc) is 3.12. The summed E-state index contributed by atoms with van der Waals surface area (Å²) in [7, 11) is 1.62. The van der Waals surface area contributed by atoms with Crippen LogP contribution in [0.25, 0.3) is 6.08 Å². The van der Waals surface area contributed by atoms with Crippen molar-refractivity contribution >= 4 is 23.5 Å². The Kier molecular flexibility index (Phi) is 6.73. The van der Waals surface area contributed by atoms with Crippen molar-refractivity contribution in [1.82, 2.24) is 9.78 Å². The normalized spacial score (nSPS) is 11.0. The highest BCUT2D eigenvalue weighted by atomic mass is 35.5. The molecule has 150 valence electrons. The molecule has 0 radical (unpaired) electrons. The largest absolute Gasteiger partial charge is 0.496 e. The van der Waals surface area contributed by atoms with Gasteiger partial charge in [-0.1, -0.05) is 23.7 Å². The molecule has 0 aliphatic heterocycles. The van der Waals surface area contributed by atoms with Crippen molar-refractivity contribution in [3.63, 3.8) is 0 Å². The van der Waals surface area contributed by atoms with E-state index >= 15 is 0 Å². The number of benzene rings is 2. The molecule has 2 aromatic carbocycles. The second-order valence-corrected chi connectivity index (χ2v) is 6.93. The van der Waals surface area contributed by atoms with Crippen molar-refractivity contribution in [2.24, 2.45) is 0 Å². The number of carbonyl (C=O) groups excluding carboxylic acids is 1. The van der Waals surface area contributed by atoms with E-state index in [1.165, 1.54) is 0 Å². The summed E-state index contributed by atoms with van der Waals surface area (Å²) in [5, 5.41) is 4.98. The van der Waals surface area contributed by atoms with Gasteiger partial charge in [-0.25, -0.2) is 0 Å². The van der Waals surface area contributed by atoms with Gasteiger partial charge in [-0.2, -0.15) is 5.10 Å². The number of hydrogen-bond donors (Lipinski definition) is 0. The van der Waals surface area contributed by atoms with Crippen molar-refractivity contribution in [3.05, 3.63) is 82.1 Å². The third-order valence-electron chi connectivity index (χ3n) is 4.48. The molecular formula is C23H23ClN2O3. The van der Waals surface area contributed by atoms with Gasteiger partial charge in [-0.3, -0.25) is 9.48 Å². The number of ketones is 1. The summed E-state index contributed by atoms with van der Waals surface area (Å²) in [6.45, 7) is 4.89. The van der Waals surface area contributed by atoms with Gasteiger partial charge in [0.2, 0.25) is 0 Å². The van der Waals surface area contributed by atoms with Crippen molar-refractivity contribution in [2.45, 2.75) is 27.0 Å². The first-order chi connectivity index (χ1) is 14.0. The maximum Gasteiger partial charge on any atom is 0.189 e. The van der Waals surface area contributed by atoms with E-state index in [0.717, 1.165) is 34.9 Å². The van der Waals surface area contributed by atoms with Gasteiger partial charge in [0.05, 0.1) is 18.4 Å². The smallest absolute Gasteiger partial charge is 0.189 e. The molecule has 5 nitrogen and oxygen atoms in total. The number of methoxy groups -OCH3 is 1. The number of ether oxygens (including phenoxy) is 2. The Morgan fingerprint density at radius 1 is 1.21 bits per heavy atom. The molecule has 29 heavy (non-hydrogen) atoms. The number of halogens is 1. The van der Waals surface area contributed by atoms with Crippen LogP contribution in [-0.2, 0) is 13.2 Å². The number of aryl methyl sites for hydroxylation is 2. The molecule has 3 rings (SSSR count). The zero-order chi connectivity index (χ0) is 20.8. The third kappa shape index (κ3) is 5.27. The summed E-state index contributed by atoms with van der Waals surface area (Å²) in [6, 6.07) is 12.9. The number of carbonyl (C=O) groups is 1. The standard InChI is InChI=1S/C23H23ClN2O3/c1-4-26-14-21(16(2)25-26)22(27)11-5-17-6-12-23(28-3)18(13-17)15-29-20-9-7-19(24)8-10-20/h5-14H,4,15H2,1-3H3/b11-5+. The van der Waals surface area contributed by atoms with Gasteiger partial charge < -0.3 is 9.47 Å². The van der Waals surface area contributed by atoms with Crippen LogP contribution in [0.2, 0.25) is 5.02 Å². The van der Waals surface area contributed by atoms with E-state index in [2.05, 4.69) is 5.10 Å². The number of allylic oxidation sites excluding steroid dienone is 1. The Balaban J connectivity index is 1.74. The second kappa shape index (κ2) is 9.43. The Morgan fingerprint density at radius 2 is 1.97 bits per heavy atom. The fourth-order valence-corrected chi connectivity index (χ4v) is 3.02. The molecule has 0 aliphatic rings. The molecule has 0 unspecified atom stereocenters. The molecule has 6 heteroatoms. The van der Waals surface area contributed by atoms with Gasteiger partial charge in [0, 0.05) is 23.3 Å². The van der Waals surface area contributed by atoms with Gasteiger partial charge in [0.25, 0.3) is 0 Å². The molecule has 0 bridgehead atoms. The van der Waals surface area contributed by atoms with Crippen LogP contribution in [-0.4, -0.2) is 22.7 Å². The molecule has 1 heterocycles. The highest BCUT2D eigenvalue weighted by Gasteiger charge is 2.11. The predicted molar refractivity (Wildman–Crippen MR) is 115 cm³/mol. The van der Waals surface area contributed by atoms with Crippen molar-refractivity contribution in [3.8, 4) is 11.5 Å². The topological polar surface area (TPSA) is 53.4 Å². The average molecular weight is 411 g/mol. The zero-order valence-corrected chi connectivity index (χ0v) is 17.4. The first kappa shape index (κ1) is 20.7. The first-order valence-electron chi connectivity index (χ1n) is 9.32. The SMILES string of the molecule is CCn1cc(C(=O)/C=C/c2ccc(OC)c(COc3ccc(Cl)cc3)c2)c(C)n1. The van der Waals surface area contributed by atoms with E-state index in [0.29, 0.717) is 17.2 Å². The number of hydrogen-bond acceptors (Lipinski definition) is 4. The lowest BCUT2D eigenvalue weighted by atomic mass is 10.1. The molecule has 0 spiro atoms. The van der Waals surface area contributed by atoms with E-state index in [1.807, 2.05) is 44.2 Å². The molecule has 1 aromatic heterocycles. The van der Waals surface area contributed by atoms with Crippen LogP contribution >= 0.6 is 11.6 Å². The maximum absolute atomic E-state index is 12.5. The molecule has 0 N–H and O–H groups in total. The molecule has 0 saturated carbocycles. The number of nitrogens with zero attached hydrogens (tertiary/aromatic N) is 2.